The van der Waals surface area contributed by atoms with Crippen LogP contribution in [0.2, 0.25) is 0 Å². The van der Waals surface area contributed by atoms with E-state index in [4.69, 9.17) is 21.1 Å². The van der Waals surface area contributed by atoms with Crippen LogP contribution in [0, 0.1) is 6.92 Å². The molecular weight excluding hydrogens is 228 g/mol. The number of benzene rings is 1. The zero-order valence-corrected chi connectivity index (χ0v) is 10.4. The zero-order chi connectivity index (χ0) is 12.1. The van der Waals surface area contributed by atoms with Gasteiger partial charge in [0.15, 0.2) is 0 Å². The fraction of sp³-hybridized carbons (Fsp3) is 0.417. The largest absolute Gasteiger partial charge is 0.496 e. The van der Waals surface area contributed by atoms with Crippen LogP contribution < -0.4 is 9.47 Å². The van der Waals surface area contributed by atoms with Crippen LogP contribution in [0.25, 0.3) is 0 Å². The van der Waals surface area contributed by atoms with E-state index in [1.54, 1.807) is 14.2 Å². The Morgan fingerprint density at radius 1 is 1.31 bits per heavy atom. The molecule has 0 aliphatic heterocycles. The minimum absolute atomic E-state index is 0.208. The normalized spacial score (nSPS) is 12.0. The molecule has 0 radical (unpaired) electrons. The number of ether oxygens (including phenoxy) is 2. The summed E-state index contributed by atoms with van der Waals surface area (Å²) in [7, 11) is 3.13. The molecule has 0 spiro atoms. The average Bonchev–Trinajstić information content (AvgIpc) is 2.31. The molecule has 1 unspecified atom stereocenters. The Kier molecular flexibility index (Phi) is 4.62. The number of hydrogen-bond acceptors (Lipinski definition) is 3. The van der Waals surface area contributed by atoms with Crippen LogP contribution in [0.1, 0.15) is 17.0 Å². The van der Waals surface area contributed by atoms with Gasteiger partial charge in [-0.1, -0.05) is 0 Å². The number of aryl methyl sites for hydroxylation is 1. The molecule has 0 aromatic heterocycles. The molecule has 0 heterocycles. The Balaban J connectivity index is 3.36. The maximum atomic E-state index is 11.0. The van der Waals surface area contributed by atoms with Crippen LogP contribution in [-0.4, -0.2) is 26.4 Å². The third-order valence-corrected chi connectivity index (χ3v) is 2.72. The van der Waals surface area contributed by atoms with E-state index in [-0.39, 0.29) is 5.88 Å². The summed E-state index contributed by atoms with van der Waals surface area (Å²) < 4.78 is 10.5. The summed E-state index contributed by atoms with van der Waals surface area (Å²) in [6.07, 6.45) is 0.808. The van der Waals surface area contributed by atoms with Crippen LogP contribution in [0.4, 0.5) is 0 Å². The molecule has 16 heavy (non-hydrogen) atoms. The highest BCUT2D eigenvalue weighted by Gasteiger charge is 2.20. The lowest BCUT2D eigenvalue weighted by Crippen LogP contribution is -2.07. The summed E-state index contributed by atoms with van der Waals surface area (Å²) in [6.45, 7) is 1.94. The fourth-order valence-corrected chi connectivity index (χ4v) is 1.84. The number of carbonyl (C=O) groups is 1. The number of alkyl halides is 1. The van der Waals surface area contributed by atoms with Crippen molar-refractivity contribution in [2.75, 3.05) is 20.1 Å². The van der Waals surface area contributed by atoms with Crippen LogP contribution in [0.5, 0.6) is 11.5 Å². The summed E-state index contributed by atoms with van der Waals surface area (Å²) in [5, 5.41) is 0. The van der Waals surface area contributed by atoms with Gasteiger partial charge in [-0.15, -0.1) is 11.6 Å². The van der Waals surface area contributed by atoms with Gasteiger partial charge in [-0.05, 0) is 24.6 Å². The van der Waals surface area contributed by atoms with E-state index >= 15 is 0 Å². The summed E-state index contributed by atoms with van der Waals surface area (Å²) >= 11 is 5.76. The van der Waals surface area contributed by atoms with Crippen molar-refractivity contribution in [3.63, 3.8) is 0 Å². The van der Waals surface area contributed by atoms with Gasteiger partial charge in [0.05, 0.1) is 20.1 Å². The highest BCUT2D eigenvalue weighted by atomic mass is 35.5. The first-order valence-electron chi connectivity index (χ1n) is 4.91. The molecule has 0 saturated heterocycles. The Bertz CT molecular complexity index is 352. The van der Waals surface area contributed by atoms with Gasteiger partial charge in [-0.25, -0.2) is 0 Å². The van der Waals surface area contributed by atoms with E-state index in [9.17, 15) is 4.79 Å². The molecule has 88 valence electrons. The molecular formula is C12H15ClO3. The zero-order valence-electron chi connectivity index (χ0n) is 9.62. The average molecular weight is 243 g/mol. The monoisotopic (exact) mass is 242 g/mol. The third-order valence-electron chi connectivity index (χ3n) is 2.39. The smallest absolute Gasteiger partial charge is 0.128 e. The Morgan fingerprint density at radius 3 is 2.12 bits per heavy atom. The van der Waals surface area contributed by atoms with Crippen molar-refractivity contribution in [3.05, 3.63) is 23.3 Å². The summed E-state index contributed by atoms with van der Waals surface area (Å²) in [6, 6.07) is 3.72. The van der Waals surface area contributed by atoms with Gasteiger partial charge in [0.2, 0.25) is 0 Å². The second-order valence-corrected chi connectivity index (χ2v) is 3.79. The molecule has 4 heteroatoms. The van der Waals surface area contributed by atoms with Crippen molar-refractivity contribution < 1.29 is 14.3 Å². The van der Waals surface area contributed by atoms with E-state index in [0.717, 1.165) is 11.8 Å². The SMILES string of the molecule is COc1cc(C)cc(OC)c1C(C=O)CCl. The van der Waals surface area contributed by atoms with Crippen molar-refractivity contribution in [2.45, 2.75) is 12.8 Å². The summed E-state index contributed by atoms with van der Waals surface area (Å²) in [5.41, 5.74) is 1.72. The fourth-order valence-electron chi connectivity index (χ4n) is 1.62. The highest BCUT2D eigenvalue weighted by Crippen LogP contribution is 2.36. The molecule has 0 aliphatic rings. The van der Waals surface area contributed by atoms with Gasteiger partial charge < -0.3 is 14.3 Å². The van der Waals surface area contributed by atoms with Gasteiger partial charge in [-0.3, -0.25) is 0 Å². The Morgan fingerprint density at radius 2 is 1.81 bits per heavy atom. The Labute approximate surface area is 100 Å². The number of rotatable bonds is 5. The lowest BCUT2D eigenvalue weighted by atomic mass is 9.98. The predicted molar refractivity (Wildman–Crippen MR) is 63.8 cm³/mol. The van der Waals surface area contributed by atoms with Crippen molar-refractivity contribution in [1.29, 1.82) is 0 Å². The number of methoxy groups -OCH3 is 2. The predicted octanol–water partition coefficient (Wildman–Crippen LogP) is 2.53. The molecule has 0 saturated carbocycles. The molecule has 1 aromatic carbocycles. The molecule has 0 N–H and O–H groups in total. The van der Waals surface area contributed by atoms with Gasteiger partial charge in [0.1, 0.15) is 17.8 Å². The van der Waals surface area contributed by atoms with E-state index < -0.39 is 5.92 Å². The van der Waals surface area contributed by atoms with Crippen LogP contribution in [0.15, 0.2) is 12.1 Å². The number of halogens is 1. The molecule has 0 amide bonds. The number of aldehydes is 1. The van der Waals surface area contributed by atoms with Gasteiger partial charge in [0.25, 0.3) is 0 Å². The lowest BCUT2D eigenvalue weighted by molar-refractivity contribution is -0.108. The third kappa shape index (κ3) is 2.47. The second kappa shape index (κ2) is 5.75. The molecule has 0 fully saturated rings. The standard InChI is InChI=1S/C12H15ClO3/c1-8-4-10(15-2)12(9(6-13)7-14)11(5-8)16-3/h4-5,7,9H,6H2,1-3H3. The molecule has 0 aliphatic carbocycles. The number of hydrogen-bond donors (Lipinski definition) is 0. The van der Waals surface area contributed by atoms with E-state index in [0.29, 0.717) is 17.1 Å². The van der Waals surface area contributed by atoms with Crippen LogP contribution in [-0.2, 0) is 4.79 Å². The maximum absolute atomic E-state index is 11.0. The second-order valence-electron chi connectivity index (χ2n) is 3.48. The first-order chi connectivity index (χ1) is 7.67. The minimum Gasteiger partial charge on any atom is -0.496 e. The molecule has 1 rings (SSSR count). The van der Waals surface area contributed by atoms with Crippen molar-refractivity contribution in [2.24, 2.45) is 0 Å². The number of carbonyl (C=O) groups excluding carboxylic acids is 1. The van der Waals surface area contributed by atoms with Crippen LogP contribution >= 0.6 is 11.6 Å². The van der Waals surface area contributed by atoms with E-state index in [1.165, 1.54) is 0 Å². The van der Waals surface area contributed by atoms with Crippen LogP contribution in [0.3, 0.4) is 0 Å². The molecule has 1 atom stereocenters. The van der Waals surface area contributed by atoms with E-state index in [1.807, 2.05) is 19.1 Å². The molecule has 0 bridgehead atoms. The topological polar surface area (TPSA) is 35.5 Å². The van der Waals surface area contributed by atoms with Gasteiger partial charge in [0, 0.05) is 11.4 Å². The minimum atomic E-state index is -0.410. The van der Waals surface area contributed by atoms with Gasteiger partial charge >= 0.3 is 0 Å². The van der Waals surface area contributed by atoms with Crippen molar-refractivity contribution in [1.82, 2.24) is 0 Å². The summed E-state index contributed by atoms with van der Waals surface area (Å²) in [5.74, 6) is 1.07. The first kappa shape index (κ1) is 12.8. The highest BCUT2D eigenvalue weighted by molar-refractivity contribution is 6.19. The van der Waals surface area contributed by atoms with E-state index in [2.05, 4.69) is 0 Å². The summed E-state index contributed by atoms with van der Waals surface area (Å²) in [4.78, 5) is 11.0. The maximum Gasteiger partial charge on any atom is 0.128 e. The molecule has 3 nitrogen and oxygen atoms in total. The Hall–Kier alpha value is -1.22. The van der Waals surface area contributed by atoms with Gasteiger partial charge in [-0.2, -0.15) is 0 Å². The van der Waals surface area contributed by atoms with Crippen molar-refractivity contribution >= 4 is 17.9 Å². The molecule has 1 aromatic rings. The first-order valence-corrected chi connectivity index (χ1v) is 5.45. The lowest BCUT2D eigenvalue weighted by Gasteiger charge is -2.17. The van der Waals surface area contributed by atoms with Crippen molar-refractivity contribution in [3.8, 4) is 11.5 Å². The quantitative estimate of drug-likeness (QED) is 0.588.